The van der Waals surface area contributed by atoms with Crippen LogP contribution in [0.2, 0.25) is 5.02 Å². The number of hydrogen-bond acceptors (Lipinski definition) is 6. The lowest BCUT2D eigenvalue weighted by atomic mass is 9.91. The second-order valence-corrected chi connectivity index (χ2v) is 11.9. The van der Waals surface area contributed by atoms with E-state index in [9.17, 15) is 13.2 Å². The maximum atomic E-state index is 13.5. The zero-order valence-electron chi connectivity index (χ0n) is 18.6. The summed E-state index contributed by atoms with van der Waals surface area (Å²) in [5.74, 6) is 0.850. The predicted octanol–water partition coefficient (Wildman–Crippen LogP) is 4.01. The smallest absolute Gasteiger partial charge is 0.243 e. The quantitative estimate of drug-likeness (QED) is 0.636. The monoisotopic (exact) mass is 487 g/mol. The van der Waals surface area contributed by atoms with Crippen LogP contribution in [-0.4, -0.2) is 56.6 Å². The Balaban J connectivity index is 1.38. The molecule has 3 aliphatic rings. The molecule has 2 aromatic rings. The van der Waals surface area contributed by atoms with Gasteiger partial charge in [-0.2, -0.15) is 4.31 Å². The molecule has 0 aliphatic carbocycles. The Labute approximate surface area is 199 Å². The van der Waals surface area contributed by atoms with E-state index in [1.807, 2.05) is 4.90 Å². The SMILES string of the molecule is CC1(C)CN=C2C(=O)c3cc(S(=O)(=O)N4CCC[C@H]4COc4ccc(Cl)cc4)ccc3N2C1. The van der Waals surface area contributed by atoms with Crippen molar-refractivity contribution in [3.63, 3.8) is 0 Å². The number of amidine groups is 1. The Morgan fingerprint density at radius 2 is 1.94 bits per heavy atom. The Morgan fingerprint density at radius 1 is 1.18 bits per heavy atom. The number of ether oxygens (including phenoxy) is 1. The molecule has 0 unspecified atom stereocenters. The van der Waals surface area contributed by atoms with E-state index in [-0.39, 0.29) is 28.7 Å². The Bertz CT molecular complexity index is 1240. The summed E-state index contributed by atoms with van der Waals surface area (Å²) in [5.41, 5.74) is 1.08. The van der Waals surface area contributed by atoms with Gasteiger partial charge >= 0.3 is 0 Å². The van der Waals surface area contributed by atoms with Crippen LogP contribution >= 0.6 is 11.6 Å². The molecule has 3 heterocycles. The number of hydrogen-bond donors (Lipinski definition) is 0. The fraction of sp³-hybridized carbons (Fsp3) is 0.417. The number of rotatable bonds is 5. The van der Waals surface area contributed by atoms with Gasteiger partial charge in [0.2, 0.25) is 15.8 Å². The summed E-state index contributed by atoms with van der Waals surface area (Å²) in [6, 6.07) is 11.6. The highest BCUT2D eigenvalue weighted by molar-refractivity contribution is 7.89. The molecule has 0 spiro atoms. The number of carbonyl (C=O) groups excluding carboxylic acids is 1. The van der Waals surface area contributed by atoms with Crippen LogP contribution in [0.1, 0.15) is 37.0 Å². The molecule has 0 radical (unpaired) electrons. The third-order valence-electron chi connectivity index (χ3n) is 6.39. The van der Waals surface area contributed by atoms with Gasteiger partial charge in [-0.15, -0.1) is 0 Å². The molecular formula is C24H26ClN3O4S. The van der Waals surface area contributed by atoms with Crippen LogP contribution in [-0.2, 0) is 10.0 Å². The fourth-order valence-electron chi connectivity index (χ4n) is 4.68. The number of anilines is 1. The Morgan fingerprint density at radius 3 is 2.70 bits per heavy atom. The van der Waals surface area contributed by atoms with Crippen molar-refractivity contribution >= 4 is 38.9 Å². The van der Waals surface area contributed by atoms with Gasteiger partial charge in [-0.25, -0.2) is 8.42 Å². The van der Waals surface area contributed by atoms with Crippen LogP contribution in [0, 0.1) is 5.41 Å². The van der Waals surface area contributed by atoms with Gasteiger partial charge in [0.1, 0.15) is 12.4 Å². The summed E-state index contributed by atoms with van der Waals surface area (Å²) < 4.78 is 34.4. The van der Waals surface area contributed by atoms with E-state index >= 15 is 0 Å². The molecule has 0 bridgehead atoms. The predicted molar refractivity (Wildman–Crippen MR) is 128 cm³/mol. The summed E-state index contributed by atoms with van der Waals surface area (Å²) in [6.07, 6.45) is 1.48. The lowest BCUT2D eigenvalue weighted by molar-refractivity contribution is 0.106. The first-order valence-corrected chi connectivity index (χ1v) is 12.9. The van der Waals surface area contributed by atoms with Crippen molar-refractivity contribution in [3.05, 3.63) is 53.1 Å². The van der Waals surface area contributed by atoms with Crippen molar-refractivity contribution in [2.75, 3.05) is 31.1 Å². The molecule has 1 fully saturated rings. The number of carbonyl (C=O) groups is 1. The topological polar surface area (TPSA) is 79.3 Å². The number of aliphatic imine (C=N–C) groups is 1. The molecule has 3 aliphatic heterocycles. The molecule has 9 heteroatoms. The van der Waals surface area contributed by atoms with Gasteiger partial charge in [0.25, 0.3) is 0 Å². The van der Waals surface area contributed by atoms with Gasteiger partial charge in [-0.3, -0.25) is 9.79 Å². The lowest BCUT2D eigenvalue weighted by Crippen LogP contribution is -2.44. The van der Waals surface area contributed by atoms with Gasteiger partial charge in [0, 0.05) is 30.1 Å². The van der Waals surface area contributed by atoms with E-state index in [0.29, 0.717) is 41.8 Å². The average Bonchev–Trinajstić information content (AvgIpc) is 3.36. The highest BCUT2D eigenvalue weighted by Gasteiger charge is 2.42. The van der Waals surface area contributed by atoms with E-state index in [2.05, 4.69) is 18.8 Å². The van der Waals surface area contributed by atoms with Crippen molar-refractivity contribution < 1.29 is 17.9 Å². The third kappa shape index (κ3) is 4.05. The van der Waals surface area contributed by atoms with Crippen LogP contribution in [0.15, 0.2) is 52.4 Å². The number of benzene rings is 2. The summed E-state index contributed by atoms with van der Waals surface area (Å²) in [4.78, 5) is 19.5. The molecule has 2 aromatic carbocycles. The van der Waals surface area contributed by atoms with Crippen molar-refractivity contribution in [1.82, 2.24) is 4.31 Å². The van der Waals surface area contributed by atoms with Crippen LogP contribution in [0.25, 0.3) is 0 Å². The van der Waals surface area contributed by atoms with E-state index < -0.39 is 10.0 Å². The molecule has 1 saturated heterocycles. The number of halogens is 1. The van der Waals surface area contributed by atoms with Crippen LogP contribution < -0.4 is 9.64 Å². The number of sulfonamides is 1. The molecule has 1 atom stereocenters. The first kappa shape index (κ1) is 22.4. The fourth-order valence-corrected chi connectivity index (χ4v) is 6.52. The second kappa shape index (κ2) is 8.11. The van der Waals surface area contributed by atoms with Gasteiger partial charge in [0.05, 0.1) is 22.2 Å². The summed E-state index contributed by atoms with van der Waals surface area (Å²) in [5, 5.41) is 0.615. The van der Waals surface area contributed by atoms with Gasteiger partial charge in [-0.1, -0.05) is 25.4 Å². The van der Waals surface area contributed by atoms with Crippen LogP contribution in [0.3, 0.4) is 0 Å². The number of ketones is 1. The molecule has 33 heavy (non-hydrogen) atoms. The van der Waals surface area contributed by atoms with E-state index in [4.69, 9.17) is 16.3 Å². The first-order valence-electron chi connectivity index (χ1n) is 11.1. The maximum absolute atomic E-state index is 13.5. The summed E-state index contributed by atoms with van der Waals surface area (Å²) in [6.45, 7) is 6.14. The normalized spacial score (nSPS) is 22.2. The highest BCUT2D eigenvalue weighted by Crippen LogP contribution is 2.38. The van der Waals surface area contributed by atoms with Crippen molar-refractivity contribution in [3.8, 4) is 5.75 Å². The molecule has 5 rings (SSSR count). The molecule has 7 nitrogen and oxygen atoms in total. The number of Topliss-reactive ketones (excluding diaryl/α,β-unsaturated/α-hetero) is 1. The van der Waals surface area contributed by atoms with Crippen molar-refractivity contribution in [2.24, 2.45) is 10.4 Å². The third-order valence-corrected chi connectivity index (χ3v) is 8.59. The second-order valence-electron chi connectivity index (χ2n) is 9.58. The minimum atomic E-state index is -3.78. The average molecular weight is 488 g/mol. The standard InChI is InChI=1S/C24H26ClN3O4S/c1-24(2)14-26-23-22(29)20-12-19(9-10-21(20)27(23)15-24)33(30,31)28-11-3-4-17(28)13-32-18-7-5-16(25)6-8-18/h5-10,12,17H,3-4,11,13-15H2,1-2H3/t17-/m0/s1. The van der Waals surface area contributed by atoms with E-state index in [0.717, 1.165) is 18.5 Å². The van der Waals surface area contributed by atoms with E-state index in [1.165, 1.54) is 10.4 Å². The van der Waals surface area contributed by atoms with Gasteiger partial charge in [0.15, 0.2) is 5.84 Å². The van der Waals surface area contributed by atoms with Crippen LogP contribution in [0.4, 0.5) is 5.69 Å². The van der Waals surface area contributed by atoms with Crippen LogP contribution in [0.5, 0.6) is 5.75 Å². The van der Waals surface area contributed by atoms with E-state index in [1.54, 1.807) is 36.4 Å². The first-order chi connectivity index (χ1) is 15.7. The molecule has 0 aromatic heterocycles. The van der Waals surface area contributed by atoms with Gasteiger partial charge < -0.3 is 9.64 Å². The van der Waals surface area contributed by atoms with Crippen molar-refractivity contribution in [2.45, 2.75) is 37.6 Å². The molecular weight excluding hydrogens is 462 g/mol. The summed E-state index contributed by atoms with van der Waals surface area (Å²) >= 11 is 5.92. The zero-order valence-corrected chi connectivity index (χ0v) is 20.2. The van der Waals surface area contributed by atoms with Gasteiger partial charge in [-0.05, 0) is 55.3 Å². The minimum absolute atomic E-state index is 0.0526. The highest BCUT2D eigenvalue weighted by atomic mass is 35.5. The molecule has 0 saturated carbocycles. The molecule has 174 valence electrons. The number of nitrogens with zero attached hydrogens (tertiary/aromatic N) is 3. The maximum Gasteiger partial charge on any atom is 0.243 e. The Kier molecular flexibility index (Phi) is 5.50. The minimum Gasteiger partial charge on any atom is -0.492 e. The molecule has 0 N–H and O–H groups in total. The number of fused-ring (bicyclic) bond motifs is 3. The zero-order chi connectivity index (χ0) is 23.4. The summed E-state index contributed by atoms with van der Waals surface area (Å²) in [7, 11) is -3.78. The van der Waals surface area contributed by atoms with Crippen molar-refractivity contribution in [1.29, 1.82) is 0 Å². The molecule has 0 amide bonds. The lowest BCUT2D eigenvalue weighted by Gasteiger charge is -2.34. The Hall–Kier alpha value is -2.42. The largest absolute Gasteiger partial charge is 0.492 e.